The second-order valence-corrected chi connectivity index (χ2v) is 6.03. The highest BCUT2D eigenvalue weighted by molar-refractivity contribution is 6.30. The second kappa shape index (κ2) is 7.45. The number of benzene rings is 2. The third-order valence-electron chi connectivity index (χ3n) is 4.02. The first-order valence-electron chi connectivity index (χ1n) is 7.82. The Morgan fingerprint density at radius 1 is 1.08 bits per heavy atom. The van der Waals surface area contributed by atoms with Crippen LogP contribution in [0.3, 0.4) is 0 Å². The maximum atomic E-state index is 9.79. The van der Waals surface area contributed by atoms with E-state index in [0.717, 1.165) is 36.8 Å². The van der Waals surface area contributed by atoms with Gasteiger partial charge in [0.1, 0.15) is 0 Å². The van der Waals surface area contributed by atoms with Crippen molar-refractivity contribution in [1.29, 1.82) is 0 Å². The summed E-state index contributed by atoms with van der Waals surface area (Å²) in [4.78, 5) is 2.32. The van der Waals surface area contributed by atoms with Gasteiger partial charge < -0.3 is 14.7 Å². The minimum absolute atomic E-state index is 0.119. The minimum Gasteiger partial charge on any atom is -0.504 e. The molecule has 0 saturated carbocycles. The Balaban J connectivity index is 1.57. The Kier molecular flexibility index (Phi) is 5.11. The lowest BCUT2D eigenvalue weighted by molar-refractivity contribution is 0.272. The van der Waals surface area contributed by atoms with Crippen molar-refractivity contribution in [3.05, 3.63) is 53.1 Å². The van der Waals surface area contributed by atoms with Gasteiger partial charge in [-0.05, 0) is 48.0 Å². The van der Waals surface area contributed by atoms with E-state index in [2.05, 4.69) is 10.0 Å². The standard InChI is InChI=1S/C18H20ClN3O2/c1-24-18-7-2-14(12-17(18)23)13-20-22-10-8-21(9-11-22)16-5-3-15(19)4-6-16/h2-7,12-13,23H,8-11H2,1H3/b20-13-. The zero-order valence-corrected chi connectivity index (χ0v) is 14.3. The van der Waals surface area contributed by atoms with Crippen molar-refractivity contribution in [3.8, 4) is 11.5 Å². The Bertz CT molecular complexity index is 711. The van der Waals surface area contributed by atoms with Gasteiger partial charge in [-0.15, -0.1) is 0 Å². The predicted octanol–water partition coefficient (Wildman–Crippen LogP) is 3.21. The van der Waals surface area contributed by atoms with Crippen LogP contribution in [0, 0.1) is 0 Å². The summed E-state index contributed by atoms with van der Waals surface area (Å²) in [6.45, 7) is 3.52. The zero-order chi connectivity index (χ0) is 16.9. The molecule has 5 nitrogen and oxygen atoms in total. The van der Waals surface area contributed by atoms with E-state index in [-0.39, 0.29) is 5.75 Å². The molecule has 1 N–H and O–H groups in total. The van der Waals surface area contributed by atoms with Gasteiger partial charge in [0.15, 0.2) is 11.5 Å². The molecular formula is C18H20ClN3O2. The van der Waals surface area contributed by atoms with E-state index in [1.807, 2.05) is 35.3 Å². The lowest BCUT2D eigenvalue weighted by Gasteiger charge is -2.34. The summed E-state index contributed by atoms with van der Waals surface area (Å²) < 4.78 is 5.04. The smallest absolute Gasteiger partial charge is 0.160 e. The van der Waals surface area contributed by atoms with E-state index in [1.54, 1.807) is 18.3 Å². The van der Waals surface area contributed by atoms with Gasteiger partial charge in [0, 0.05) is 23.8 Å². The molecule has 126 valence electrons. The number of rotatable bonds is 4. The molecule has 6 heteroatoms. The Hall–Kier alpha value is -2.40. The number of anilines is 1. The number of ether oxygens (including phenoxy) is 1. The van der Waals surface area contributed by atoms with Gasteiger partial charge in [0.2, 0.25) is 0 Å². The Morgan fingerprint density at radius 3 is 2.42 bits per heavy atom. The van der Waals surface area contributed by atoms with E-state index >= 15 is 0 Å². The first-order chi connectivity index (χ1) is 11.7. The summed E-state index contributed by atoms with van der Waals surface area (Å²) in [5, 5.41) is 17.1. The summed E-state index contributed by atoms with van der Waals surface area (Å²) in [6, 6.07) is 13.2. The van der Waals surface area contributed by atoms with Crippen molar-refractivity contribution in [1.82, 2.24) is 5.01 Å². The number of hydrogen-bond acceptors (Lipinski definition) is 5. The summed E-state index contributed by atoms with van der Waals surface area (Å²) in [5.41, 5.74) is 2.02. The fraction of sp³-hybridized carbons (Fsp3) is 0.278. The van der Waals surface area contributed by atoms with Gasteiger partial charge in [-0.2, -0.15) is 5.10 Å². The molecule has 0 aliphatic carbocycles. The Morgan fingerprint density at radius 2 is 1.79 bits per heavy atom. The molecular weight excluding hydrogens is 326 g/mol. The van der Waals surface area contributed by atoms with E-state index < -0.39 is 0 Å². The quantitative estimate of drug-likeness (QED) is 0.864. The number of piperazine rings is 1. The van der Waals surface area contributed by atoms with E-state index in [0.29, 0.717) is 5.75 Å². The molecule has 1 saturated heterocycles. The van der Waals surface area contributed by atoms with Crippen molar-refractivity contribution in [2.24, 2.45) is 5.10 Å². The van der Waals surface area contributed by atoms with Crippen molar-refractivity contribution < 1.29 is 9.84 Å². The Labute approximate surface area is 146 Å². The van der Waals surface area contributed by atoms with Gasteiger partial charge in [-0.1, -0.05) is 11.6 Å². The fourth-order valence-corrected chi connectivity index (χ4v) is 2.78. The number of aromatic hydroxyl groups is 1. The maximum absolute atomic E-state index is 9.79. The maximum Gasteiger partial charge on any atom is 0.160 e. The zero-order valence-electron chi connectivity index (χ0n) is 13.5. The molecule has 3 rings (SSSR count). The SMILES string of the molecule is COc1ccc(/C=N\N2CCN(c3ccc(Cl)cc3)CC2)cc1O. The van der Waals surface area contributed by atoms with Crippen molar-refractivity contribution in [2.45, 2.75) is 0 Å². The number of nitrogens with zero attached hydrogens (tertiary/aromatic N) is 3. The molecule has 0 unspecified atom stereocenters. The minimum atomic E-state index is 0.119. The first-order valence-corrected chi connectivity index (χ1v) is 8.20. The lowest BCUT2D eigenvalue weighted by Crippen LogP contribution is -2.44. The molecule has 0 bridgehead atoms. The van der Waals surface area contributed by atoms with Crippen LogP contribution in [0.5, 0.6) is 11.5 Å². The monoisotopic (exact) mass is 345 g/mol. The number of methoxy groups -OCH3 is 1. The summed E-state index contributed by atoms with van der Waals surface area (Å²) in [5.74, 6) is 0.581. The first kappa shape index (κ1) is 16.5. The number of phenolic OH excluding ortho intramolecular Hbond substituents is 1. The predicted molar refractivity (Wildman–Crippen MR) is 97.5 cm³/mol. The van der Waals surface area contributed by atoms with Crippen LogP contribution in [-0.2, 0) is 0 Å². The van der Waals surface area contributed by atoms with Crippen LogP contribution in [0.4, 0.5) is 5.69 Å². The van der Waals surface area contributed by atoms with Gasteiger partial charge in [-0.25, -0.2) is 0 Å². The van der Waals surface area contributed by atoms with Crippen LogP contribution in [0.1, 0.15) is 5.56 Å². The molecule has 0 spiro atoms. The number of hydrogen-bond donors (Lipinski definition) is 1. The van der Waals surface area contributed by atoms with Crippen LogP contribution < -0.4 is 9.64 Å². The molecule has 0 radical (unpaired) electrons. The lowest BCUT2D eigenvalue weighted by atomic mass is 10.2. The molecule has 2 aromatic rings. The van der Waals surface area contributed by atoms with E-state index in [4.69, 9.17) is 16.3 Å². The molecule has 2 aromatic carbocycles. The highest BCUT2D eigenvalue weighted by Crippen LogP contribution is 2.25. The van der Waals surface area contributed by atoms with Crippen molar-refractivity contribution in [3.63, 3.8) is 0 Å². The molecule has 1 heterocycles. The average molecular weight is 346 g/mol. The van der Waals surface area contributed by atoms with Gasteiger partial charge in [0.25, 0.3) is 0 Å². The van der Waals surface area contributed by atoms with Crippen molar-refractivity contribution in [2.75, 3.05) is 38.2 Å². The highest BCUT2D eigenvalue weighted by Gasteiger charge is 2.15. The largest absolute Gasteiger partial charge is 0.504 e. The topological polar surface area (TPSA) is 48.3 Å². The average Bonchev–Trinajstić information content (AvgIpc) is 2.61. The summed E-state index contributed by atoms with van der Waals surface area (Å²) >= 11 is 5.93. The molecule has 24 heavy (non-hydrogen) atoms. The number of hydrazone groups is 1. The molecule has 0 atom stereocenters. The normalized spacial score (nSPS) is 15.1. The summed E-state index contributed by atoms with van der Waals surface area (Å²) in [7, 11) is 1.53. The highest BCUT2D eigenvalue weighted by atomic mass is 35.5. The van der Waals surface area contributed by atoms with Crippen LogP contribution in [0.25, 0.3) is 0 Å². The number of phenols is 1. The van der Waals surface area contributed by atoms with Gasteiger partial charge in [0.05, 0.1) is 26.4 Å². The summed E-state index contributed by atoms with van der Waals surface area (Å²) in [6.07, 6.45) is 1.76. The molecule has 0 aromatic heterocycles. The van der Waals surface area contributed by atoms with E-state index in [9.17, 15) is 5.11 Å². The third kappa shape index (κ3) is 3.92. The molecule has 1 aliphatic rings. The number of halogens is 1. The van der Waals surface area contributed by atoms with Crippen LogP contribution in [-0.4, -0.2) is 49.6 Å². The van der Waals surface area contributed by atoms with Crippen LogP contribution >= 0.6 is 11.6 Å². The third-order valence-corrected chi connectivity index (χ3v) is 4.27. The van der Waals surface area contributed by atoms with Gasteiger partial charge in [-0.3, -0.25) is 5.01 Å². The van der Waals surface area contributed by atoms with Crippen LogP contribution in [0.2, 0.25) is 5.02 Å². The molecule has 0 amide bonds. The van der Waals surface area contributed by atoms with Crippen molar-refractivity contribution >= 4 is 23.5 Å². The van der Waals surface area contributed by atoms with E-state index in [1.165, 1.54) is 12.8 Å². The molecule has 1 aliphatic heterocycles. The molecule has 1 fully saturated rings. The second-order valence-electron chi connectivity index (χ2n) is 5.59. The van der Waals surface area contributed by atoms with Gasteiger partial charge >= 0.3 is 0 Å². The van der Waals surface area contributed by atoms with Crippen LogP contribution in [0.15, 0.2) is 47.6 Å². The fourth-order valence-electron chi connectivity index (χ4n) is 2.66.